The molecule has 0 aliphatic carbocycles. The molecule has 0 aromatic heterocycles. The van der Waals surface area contributed by atoms with E-state index in [2.05, 4.69) is 5.32 Å². The summed E-state index contributed by atoms with van der Waals surface area (Å²) in [6.07, 6.45) is 2.65. The van der Waals surface area contributed by atoms with Crippen molar-refractivity contribution in [3.8, 4) is 0 Å². The molecule has 0 saturated carbocycles. The molecule has 3 atom stereocenters. The highest BCUT2D eigenvalue weighted by Gasteiger charge is 2.17. The van der Waals surface area contributed by atoms with Crippen molar-refractivity contribution in [3.05, 3.63) is 35.6 Å². The Morgan fingerprint density at radius 1 is 1.25 bits per heavy atom. The second-order valence-electron chi connectivity index (χ2n) is 5.56. The molecule has 0 bridgehead atoms. The predicted octanol–water partition coefficient (Wildman–Crippen LogP) is 3.16. The number of amides is 1. The first-order valence-electron chi connectivity index (χ1n) is 7.22. The van der Waals surface area contributed by atoms with Gasteiger partial charge in [-0.15, -0.1) is 0 Å². The van der Waals surface area contributed by atoms with E-state index in [0.717, 1.165) is 19.3 Å². The number of nitrogens with one attached hydrogen (secondary N) is 1. The van der Waals surface area contributed by atoms with Crippen molar-refractivity contribution in [2.75, 3.05) is 0 Å². The molecule has 3 unspecified atom stereocenters. The predicted molar refractivity (Wildman–Crippen MR) is 79.6 cm³/mol. The van der Waals surface area contributed by atoms with E-state index in [1.54, 1.807) is 25.1 Å². The fraction of sp³-hybridized carbons (Fsp3) is 0.562. The Hall–Kier alpha value is -1.42. The van der Waals surface area contributed by atoms with Gasteiger partial charge in [-0.2, -0.15) is 0 Å². The summed E-state index contributed by atoms with van der Waals surface area (Å²) in [5, 5.41) is 2.86. The van der Waals surface area contributed by atoms with Crippen LogP contribution in [0.4, 0.5) is 4.39 Å². The highest BCUT2D eigenvalue weighted by atomic mass is 19.1. The smallest absolute Gasteiger partial charge is 0.223 e. The standard InChI is InChI=1S/C16H25FN2O/c1-11(7-6-8-12(2)18)16(20)19-13(3)14-9-4-5-10-15(14)17/h4-5,9-13H,6-8,18H2,1-3H3,(H,19,20). The van der Waals surface area contributed by atoms with Crippen LogP contribution in [-0.4, -0.2) is 11.9 Å². The van der Waals surface area contributed by atoms with Gasteiger partial charge in [-0.25, -0.2) is 4.39 Å². The summed E-state index contributed by atoms with van der Waals surface area (Å²) < 4.78 is 13.6. The number of hydrogen-bond donors (Lipinski definition) is 2. The van der Waals surface area contributed by atoms with Gasteiger partial charge in [0.1, 0.15) is 5.82 Å². The number of rotatable bonds is 7. The van der Waals surface area contributed by atoms with Crippen molar-refractivity contribution in [1.29, 1.82) is 0 Å². The lowest BCUT2D eigenvalue weighted by Crippen LogP contribution is -2.32. The maximum atomic E-state index is 13.6. The average molecular weight is 280 g/mol. The first-order chi connectivity index (χ1) is 9.41. The van der Waals surface area contributed by atoms with Crippen LogP contribution < -0.4 is 11.1 Å². The molecule has 1 aromatic carbocycles. The van der Waals surface area contributed by atoms with Crippen LogP contribution in [-0.2, 0) is 4.79 Å². The molecule has 4 heteroatoms. The van der Waals surface area contributed by atoms with Crippen molar-refractivity contribution >= 4 is 5.91 Å². The third kappa shape index (κ3) is 5.29. The Labute approximate surface area is 120 Å². The third-order valence-electron chi connectivity index (χ3n) is 3.47. The quantitative estimate of drug-likeness (QED) is 0.806. The molecule has 0 fully saturated rings. The molecular weight excluding hydrogens is 255 g/mol. The second kappa shape index (κ2) is 8.00. The Bertz CT molecular complexity index is 434. The second-order valence-corrected chi connectivity index (χ2v) is 5.56. The Morgan fingerprint density at radius 3 is 2.50 bits per heavy atom. The molecule has 0 aliphatic heterocycles. The van der Waals surface area contributed by atoms with E-state index >= 15 is 0 Å². The molecule has 20 heavy (non-hydrogen) atoms. The van der Waals surface area contributed by atoms with Gasteiger partial charge >= 0.3 is 0 Å². The van der Waals surface area contributed by atoms with Crippen LogP contribution in [0, 0.1) is 11.7 Å². The molecule has 0 aliphatic rings. The van der Waals surface area contributed by atoms with Gasteiger partial charge in [0.05, 0.1) is 6.04 Å². The van der Waals surface area contributed by atoms with Gasteiger partial charge in [-0.3, -0.25) is 4.79 Å². The van der Waals surface area contributed by atoms with Crippen molar-refractivity contribution in [2.24, 2.45) is 11.7 Å². The SMILES string of the molecule is CC(N)CCCC(C)C(=O)NC(C)c1ccccc1F. The van der Waals surface area contributed by atoms with Crippen molar-refractivity contribution in [1.82, 2.24) is 5.32 Å². The first kappa shape index (κ1) is 16.6. The van der Waals surface area contributed by atoms with Gasteiger partial charge in [0.2, 0.25) is 5.91 Å². The molecule has 3 nitrogen and oxygen atoms in total. The zero-order chi connectivity index (χ0) is 15.1. The number of halogens is 1. The topological polar surface area (TPSA) is 55.1 Å². The lowest BCUT2D eigenvalue weighted by molar-refractivity contribution is -0.125. The van der Waals surface area contributed by atoms with Crippen LogP contribution in [0.3, 0.4) is 0 Å². The minimum Gasteiger partial charge on any atom is -0.349 e. The van der Waals surface area contributed by atoms with Crippen molar-refractivity contribution < 1.29 is 9.18 Å². The van der Waals surface area contributed by atoms with E-state index in [1.807, 2.05) is 13.8 Å². The largest absolute Gasteiger partial charge is 0.349 e. The molecule has 0 radical (unpaired) electrons. The summed E-state index contributed by atoms with van der Waals surface area (Å²) in [6, 6.07) is 6.37. The van der Waals surface area contributed by atoms with E-state index in [-0.39, 0.29) is 29.7 Å². The summed E-state index contributed by atoms with van der Waals surface area (Å²) in [7, 11) is 0. The Morgan fingerprint density at radius 2 is 1.90 bits per heavy atom. The average Bonchev–Trinajstić information content (AvgIpc) is 2.38. The van der Waals surface area contributed by atoms with Gasteiger partial charge < -0.3 is 11.1 Å². The monoisotopic (exact) mass is 280 g/mol. The van der Waals surface area contributed by atoms with Gasteiger partial charge in [0.15, 0.2) is 0 Å². The van der Waals surface area contributed by atoms with E-state index in [0.29, 0.717) is 5.56 Å². The van der Waals surface area contributed by atoms with Crippen LogP contribution in [0.1, 0.15) is 51.6 Å². The summed E-state index contributed by atoms with van der Waals surface area (Å²) in [4.78, 5) is 12.0. The molecule has 0 saturated heterocycles. The maximum Gasteiger partial charge on any atom is 0.223 e. The molecule has 3 N–H and O–H groups in total. The highest BCUT2D eigenvalue weighted by Crippen LogP contribution is 2.17. The van der Waals surface area contributed by atoms with Crippen LogP contribution in [0.5, 0.6) is 0 Å². The minimum atomic E-state index is -0.320. The van der Waals surface area contributed by atoms with Crippen LogP contribution in [0.15, 0.2) is 24.3 Å². The fourth-order valence-electron chi connectivity index (χ4n) is 2.14. The number of carbonyl (C=O) groups is 1. The molecule has 1 aromatic rings. The Balaban J connectivity index is 2.47. The van der Waals surface area contributed by atoms with E-state index in [1.165, 1.54) is 6.07 Å². The summed E-state index contributed by atoms with van der Waals surface area (Å²) in [5.41, 5.74) is 6.20. The number of nitrogens with two attached hydrogens (primary N) is 1. The summed E-state index contributed by atoms with van der Waals surface area (Å²) in [5.74, 6) is -0.404. The molecule has 112 valence electrons. The zero-order valence-electron chi connectivity index (χ0n) is 12.5. The number of carbonyl (C=O) groups excluding carboxylic acids is 1. The number of benzene rings is 1. The summed E-state index contributed by atoms with van der Waals surface area (Å²) in [6.45, 7) is 5.65. The van der Waals surface area contributed by atoms with Gasteiger partial charge in [0, 0.05) is 17.5 Å². The van der Waals surface area contributed by atoms with Crippen LogP contribution in [0.25, 0.3) is 0 Å². The van der Waals surface area contributed by atoms with Gasteiger partial charge in [-0.1, -0.05) is 31.5 Å². The fourth-order valence-corrected chi connectivity index (χ4v) is 2.14. The van der Waals surface area contributed by atoms with E-state index in [4.69, 9.17) is 5.73 Å². The highest BCUT2D eigenvalue weighted by molar-refractivity contribution is 5.78. The van der Waals surface area contributed by atoms with E-state index in [9.17, 15) is 9.18 Å². The zero-order valence-corrected chi connectivity index (χ0v) is 12.5. The van der Waals surface area contributed by atoms with Gasteiger partial charge in [-0.05, 0) is 32.8 Å². The van der Waals surface area contributed by atoms with Crippen LogP contribution >= 0.6 is 0 Å². The third-order valence-corrected chi connectivity index (χ3v) is 3.47. The minimum absolute atomic E-state index is 0.0366. The van der Waals surface area contributed by atoms with Crippen LogP contribution in [0.2, 0.25) is 0 Å². The molecular formula is C16H25FN2O. The normalized spacial score (nSPS) is 15.4. The summed E-state index contributed by atoms with van der Waals surface area (Å²) >= 11 is 0. The van der Waals surface area contributed by atoms with E-state index < -0.39 is 0 Å². The molecule has 0 spiro atoms. The molecule has 1 rings (SSSR count). The molecule has 1 amide bonds. The van der Waals surface area contributed by atoms with Crippen molar-refractivity contribution in [2.45, 2.75) is 52.1 Å². The lowest BCUT2D eigenvalue weighted by Gasteiger charge is -2.18. The number of hydrogen-bond acceptors (Lipinski definition) is 2. The Kier molecular flexibility index (Phi) is 6.65. The lowest BCUT2D eigenvalue weighted by atomic mass is 10.00. The molecule has 0 heterocycles. The maximum absolute atomic E-state index is 13.6. The van der Waals surface area contributed by atoms with Crippen molar-refractivity contribution in [3.63, 3.8) is 0 Å². The van der Waals surface area contributed by atoms with Gasteiger partial charge in [0.25, 0.3) is 0 Å². The first-order valence-corrected chi connectivity index (χ1v) is 7.22.